The van der Waals surface area contributed by atoms with Crippen LogP contribution < -0.4 is 5.32 Å². The quantitative estimate of drug-likeness (QED) is 0.667. The van der Waals surface area contributed by atoms with Gasteiger partial charge in [0.05, 0.1) is 37.3 Å². The molecule has 7 nitrogen and oxygen atoms in total. The van der Waals surface area contributed by atoms with Crippen LogP contribution in [0.5, 0.6) is 0 Å². The fraction of sp³-hybridized carbons (Fsp3) is 0.250. The summed E-state index contributed by atoms with van der Waals surface area (Å²) < 4.78 is 11.1. The van der Waals surface area contributed by atoms with Crippen LogP contribution >= 0.6 is 11.5 Å². The Bertz CT molecular complexity index is 800. The average Bonchev–Trinajstić information content (AvgIpc) is 3.21. The Morgan fingerprint density at radius 2 is 2.17 bits per heavy atom. The van der Waals surface area contributed by atoms with Gasteiger partial charge < -0.3 is 10.1 Å². The number of hydrogen-bond donors (Lipinski definition) is 1. The first-order chi connectivity index (χ1) is 11.7. The number of nitrogens with zero attached hydrogens (tertiary/aromatic N) is 4. The van der Waals surface area contributed by atoms with Gasteiger partial charge >= 0.3 is 0 Å². The topological polar surface area (TPSA) is 81.9 Å². The first-order valence-corrected chi connectivity index (χ1v) is 8.24. The standard InChI is InChI=1S/C16H17N5O2S/c1-12-15(24-20-19-12)16(22)18-14-9-17-21(10-14)7-8-23-11-13-5-3-2-4-6-13/h2-6,9-10H,7-8,11H2,1H3,(H,18,22). The lowest BCUT2D eigenvalue weighted by Crippen LogP contribution is -2.11. The number of carbonyl (C=O) groups excluding carboxylic acids is 1. The first kappa shape index (κ1) is 16.3. The van der Waals surface area contributed by atoms with E-state index in [1.165, 1.54) is 0 Å². The van der Waals surface area contributed by atoms with Gasteiger partial charge in [0.15, 0.2) is 0 Å². The molecule has 2 heterocycles. The van der Waals surface area contributed by atoms with Gasteiger partial charge in [0.2, 0.25) is 0 Å². The van der Waals surface area contributed by atoms with Crippen LogP contribution in [0.15, 0.2) is 42.7 Å². The van der Waals surface area contributed by atoms with E-state index in [2.05, 4.69) is 20.0 Å². The second kappa shape index (κ2) is 7.80. The Morgan fingerprint density at radius 1 is 1.33 bits per heavy atom. The van der Waals surface area contributed by atoms with Crippen LogP contribution in [0.25, 0.3) is 0 Å². The monoisotopic (exact) mass is 343 g/mol. The van der Waals surface area contributed by atoms with Crippen molar-refractivity contribution in [1.82, 2.24) is 19.4 Å². The van der Waals surface area contributed by atoms with Crippen molar-refractivity contribution in [3.05, 3.63) is 58.9 Å². The summed E-state index contributed by atoms with van der Waals surface area (Å²) in [7, 11) is 0. The number of aryl methyl sites for hydroxylation is 1. The second-order valence-electron chi connectivity index (χ2n) is 5.17. The number of amides is 1. The first-order valence-electron chi connectivity index (χ1n) is 7.47. The normalized spacial score (nSPS) is 10.7. The van der Waals surface area contributed by atoms with Crippen molar-refractivity contribution in [2.45, 2.75) is 20.1 Å². The molecule has 2 aromatic heterocycles. The minimum Gasteiger partial charge on any atom is -0.375 e. The summed E-state index contributed by atoms with van der Waals surface area (Å²) in [5.41, 5.74) is 2.40. The summed E-state index contributed by atoms with van der Waals surface area (Å²) in [6.45, 7) is 3.49. The van der Waals surface area contributed by atoms with E-state index in [4.69, 9.17) is 4.74 Å². The van der Waals surface area contributed by atoms with Crippen molar-refractivity contribution in [1.29, 1.82) is 0 Å². The minimum atomic E-state index is -0.220. The summed E-state index contributed by atoms with van der Waals surface area (Å²) in [6, 6.07) is 10.0. The Hall–Kier alpha value is -2.58. The molecule has 0 saturated heterocycles. The van der Waals surface area contributed by atoms with Gasteiger partial charge in [-0.25, -0.2) is 0 Å². The highest BCUT2D eigenvalue weighted by molar-refractivity contribution is 7.08. The molecule has 3 rings (SSSR count). The number of ether oxygens (including phenoxy) is 1. The third-order valence-electron chi connectivity index (χ3n) is 3.33. The van der Waals surface area contributed by atoms with Gasteiger partial charge in [0.1, 0.15) is 4.88 Å². The highest BCUT2D eigenvalue weighted by Crippen LogP contribution is 2.13. The second-order valence-corrected chi connectivity index (χ2v) is 5.93. The van der Waals surface area contributed by atoms with Crippen molar-refractivity contribution in [3.63, 3.8) is 0 Å². The van der Waals surface area contributed by atoms with Crippen molar-refractivity contribution >= 4 is 23.1 Å². The molecule has 0 fully saturated rings. The lowest BCUT2D eigenvalue weighted by Gasteiger charge is -2.04. The Morgan fingerprint density at radius 3 is 2.92 bits per heavy atom. The minimum absolute atomic E-state index is 0.220. The van der Waals surface area contributed by atoms with Crippen molar-refractivity contribution in [2.24, 2.45) is 0 Å². The zero-order valence-corrected chi connectivity index (χ0v) is 14.0. The predicted molar refractivity (Wildman–Crippen MR) is 90.9 cm³/mol. The van der Waals surface area contributed by atoms with Crippen LogP contribution in [-0.4, -0.2) is 31.9 Å². The van der Waals surface area contributed by atoms with E-state index in [1.54, 1.807) is 24.0 Å². The Balaban J connectivity index is 1.45. The fourth-order valence-corrected chi connectivity index (χ4v) is 2.65. The Kier molecular flexibility index (Phi) is 5.29. The van der Waals surface area contributed by atoms with Gasteiger partial charge in [-0.3, -0.25) is 9.48 Å². The van der Waals surface area contributed by atoms with Crippen LogP contribution in [-0.2, 0) is 17.9 Å². The maximum atomic E-state index is 12.1. The molecule has 24 heavy (non-hydrogen) atoms. The zero-order chi connectivity index (χ0) is 16.8. The van der Waals surface area contributed by atoms with E-state index in [0.29, 0.717) is 36.0 Å². The van der Waals surface area contributed by atoms with Gasteiger partial charge in [-0.2, -0.15) is 5.10 Å². The molecule has 0 bridgehead atoms. The number of nitrogens with one attached hydrogen (secondary N) is 1. The molecule has 0 spiro atoms. The van der Waals surface area contributed by atoms with Gasteiger partial charge in [-0.1, -0.05) is 34.8 Å². The summed E-state index contributed by atoms with van der Waals surface area (Å²) in [4.78, 5) is 12.6. The molecule has 0 saturated carbocycles. The molecule has 3 aromatic rings. The molecule has 0 radical (unpaired) electrons. The lowest BCUT2D eigenvalue weighted by atomic mass is 10.2. The van der Waals surface area contributed by atoms with Gasteiger partial charge in [0, 0.05) is 6.20 Å². The highest BCUT2D eigenvalue weighted by atomic mass is 32.1. The van der Waals surface area contributed by atoms with E-state index in [0.717, 1.165) is 17.1 Å². The summed E-state index contributed by atoms with van der Waals surface area (Å²) in [5, 5.41) is 10.8. The van der Waals surface area contributed by atoms with Crippen molar-refractivity contribution in [3.8, 4) is 0 Å². The van der Waals surface area contributed by atoms with E-state index >= 15 is 0 Å². The molecule has 8 heteroatoms. The van der Waals surface area contributed by atoms with Crippen LogP contribution in [0.4, 0.5) is 5.69 Å². The van der Waals surface area contributed by atoms with E-state index in [-0.39, 0.29) is 5.91 Å². The Labute approximate surface area is 143 Å². The van der Waals surface area contributed by atoms with Crippen molar-refractivity contribution < 1.29 is 9.53 Å². The van der Waals surface area contributed by atoms with Gasteiger partial charge in [-0.05, 0) is 24.0 Å². The summed E-state index contributed by atoms with van der Waals surface area (Å²) in [5.74, 6) is -0.220. The van der Waals surface area contributed by atoms with Crippen LogP contribution in [0.2, 0.25) is 0 Å². The molecular formula is C16H17N5O2S. The molecular weight excluding hydrogens is 326 g/mol. The smallest absolute Gasteiger partial charge is 0.269 e. The molecule has 124 valence electrons. The van der Waals surface area contributed by atoms with Crippen LogP contribution in [0, 0.1) is 6.92 Å². The number of hydrogen-bond acceptors (Lipinski definition) is 6. The predicted octanol–water partition coefficient (Wildman–Crippen LogP) is 2.51. The third kappa shape index (κ3) is 4.24. The lowest BCUT2D eigenvalue weighted by molar-refractivity contribution is 0.103. The maximum absolute atomic E-state index is 12.1. The molecule has 1 N–H and O–H groups in total. The van der Waals surface area contributed by atoms with Gasteiger partial charge in [0.25, 0.3) is 5.91 Å². The molecule has 0 unspecified atom stereocenters. The van der Waals surface area contributed by atoms with E-state index < -0.39 is 0 Å². The van der Waals surface area contributed by atoms with E-state index in [1.807, 2.05) is 30.3 Å². The number of benzene rings is 1. The molecule has 1 aromatic carbocycles. The third-order valence-corrected chi connectivity index (χ3v) is 4.15. The highest BCUT2D eigenvalue weighted by Gasteiger charge is 2.13. The van der Waals surface area contributed by atoms with Crippen molar-refractivity contribution in [2.75, 3.05) is 11.9 Å². The average molecular weight is 343 g/mol. The molecule has 0 aliphatic carbocycles. The maximum Gasteiger partial charge on any atom is 0.269 e. The zero-order valence-electron chi connectivity index (χ0n) is 13.2. The number of aromatic nitrogens is 4. The molecule has 0 aliphatic heterocycles. The van der Waals surface area contributed by atoms with Crippen LogP contribution in [0.1, 0.15) is 20.9 Å². The van der Waals surface area contributed by atoms with Crippen LogP contribution in [0.3, 0.4) is 0 Å². The SMILES string of the molecule is Cc1nnsc1C(=O)Nc1cnn(CCOCc2ccccc2)c1. The molecule has 0 aliphatic rings. The largest absolute Gasteiger partial charge is 0.375 e. The summed E-state index contributed by atoms with van der Waals surface area (Å²) >= 11 is 1.08. The summed E-state index contributed by atoms with van der Waals surface area (Å²) in [6.07, 6.45) is 3.38. The number of rotatable bonds is 7. The molecule has 1 amide bonds. The molecule has 0 atom stereocenters. The van der Waals surface area contributed by atoms with Gasteiger partial charge in [-0.15, -0.1) is 5.10 Å². The number of carbonyl (C=O) groups is 1. The van der Waals surface area contributed by atoms with E-state index in [9.17, 15) is 4.79 Å². The fourth-order valence-electron chi connectivity index (χ4n) is 2.10. The number of anilines is 1.